The Morgan fingerprint density at radius 3 is 2.43 bits per heavy atom. The van der Waals surface area contributed by atoms with E-state index >= 15 is 0 Å². The SMILES string of the molecule is CC(C)(C)OC(=O)NC1(C(O)C#N)CCN(C(=O)OCc2ccccc2)CC1. The van der Waals surface area contributed by atoms with Gasteiger partial charge in [-0.25, -0.2) is 9.59 Å². The van der Waals surface area contributed by atoms with Crippen LogP contribution in [0.15, 0.2) is 30.3 Å². The molecule has 1 aromatic rings. The molecule has 1 fully saturated rings. The maximum atomic E-state index is 12.3. The highest BCUT2D eigenvalue weighted by Gasteiger charge is 2.44. The zero-order valence-corrected chi connectivity index (χ0v) is 16.5. The molecule has 0 radical (unpaired) electrons. The van der Waals surface area contributed by atoms with Crippen LogP contribution in [-0.2, 0) is 16.1 Å². The van der Waals surface area contributed by atoms with Crippen molar-refractivity contribution in [3.05, 3.63) is 35.9 Å². The first kappa shape index (κ1) is 21.5. The topological polar surface area (TPSA) is 112 Å². The lowest BCUT2D eigenvalue weighted by atomic mass is 9.83. The van der Waals surface area contributed by atoms with Crippen molar-refractivity contribution in [2.75, 3.05) is 13.1 Å². The van der Waals surface area contributed by atoms with Gasteiger partial charge in [0.25, 0.3) is 0 Å². The Morgan fingerprint density at radius 1 is 1.29 bits per heavy atom. The lowest BCUT2D eigenvalue weighted by Gasteiger charge is -2.42. The van der Waals surface area contributed by atoms with E-state index in [-0.39, 0.29) is 32.5 Å². The van der Waals surface area contributed by atoms with Crippen LogP contribution in [0.25, 0.3) is 0 Å². The highest BCUT2D eigenvalue weighted by Crippen LogP contribution is 2.27. The number of ether oxygens (including phenoxy) is 2. The second kappa shape index (κ2) is 8.93. The van der Waals surface area contributed by atoms with Gasteiger partial charge in [-0.15, -0.1) is 0 Å². The molecule has 0 bridgehead atoms. The van der Waals surface area contributed by atoms with Gasteiger partial charge in [0.2, 0.25) is 0 Å². The van der Waals surface area contributed by atoms with Crippen LogP contribution in [0.4, 0.5) is 9.59 Å². The van der Waals surface area contributed by atoms with E-state index in [0.29, 0.717) is 0 Å². The van der Waals surface area contributed by atoms with Gasteiger partial charge in [-0.05, 0) is 39.2 Å². The molecule has 0 aliphatic carbocycles. The Labute approximate surface area is 165 Å². The number of likely N-dealkylation sites (tertiary alicyclic amines) is 1. The summed E-state index contributed by atoms with van der Waals surface area (Å²) in [5, 5.41) is 22.0. The van der Waals surface area contributed by atoms with Gasteiger partial charge in [0, 0.05) is 13.1 Å². The quantitative estimate of drug-likeness (QED) is 0.766. The number of aliphatic hydroxyl groups is 1. The summed E-state index contributed by atoms with van der Waals surface area (Å²) in [6, 6.07) is 11.1. The van der Waals surface area contributed by atoms with E-state index in [1.54, 1.807) is 26.8 Å². The predicted molar refractivity (Wildman–Crippen MR) is 101 cm³/mol. The molecule has 1 unspecified atom stereocenters. The molecule has 1 aliphatic rings. The summed E-state index contributed by atoms with van der Waals surface area (Å²) in [4.78, 5) is 26.0. The maximum absolute atomic E-state index is 12.3. The van der Waals surface area contributed by atoms with Crippen molar-refractivity contribution >= 4 is 12.2 Å². The van der Waals surface area contributed by atoms with E-state index in [0.717, 1.165) is 5.56 Å². The van der Waals surface area contributed by atoms with Crippen molar-refractivity contribution < 1.29 is 24.2 Å². The lowest BCUT2D eigenvalue weighted by Crippen LogP contribution is -2.62. The number of amides is 2. The lowest BCUT2D eigenvalue weighted by molar-refractivity contribution is 0.0112. The van der Waals surface area contributed by atoms with Gasteiger partial charge in [0.05, 0.1) is 11.6 Å². The Kier molecular flexibility index (Phi) is 6.86. The summed E-state index contributed by atoms with van der Waals surface area (Å²) in [6.45, 7) is 5.82. The third-order valence-electron chi connectivity index (χ3n) is 4.51. The van der Waals surface area contributed by atoms with E-state index in [9.17, 15) is 20.0 Å². The van der Waals surface area contributed by atoms with E-state index in [4.69, 9.17) is 9.47 Å². The molecule has 2 rings (SSSR count). The molecular weight excluding hydrogens is 362 g/mol. The number of nitriles is 1. The molecule has 2 N–H and O–H groups in total. The smallest absolute Gasteiger partial charge is 0.410 e. The summed E-state index contributed by atoms with van der Waals surface area (Å²) in [5.74, 6) is 0. The number of carbonyl (C=O) groups excluding carboxylic acids is 2. The fraction of sp³-hybridized carbons (Fsp3) is 0.550. The van der Waals surface area contributed by atoms with E-state index in [1.165, 1.54) is 4.90 Å². The summed E-state index contributed by atoms with van der Waals surface area (Å²) in [7, 11) is 0. The number of hydrogen-bond donors (Lipinski definition) is 2. The molecular formula is C20H27N3O5. The number of carbonyl (C=O) groups is 2. The van der Waals surface area contributed by atoms with Crippen LogP contribution in [0.1, 0.15) is 39.2 Å². The molecule has 1 heterocycles. The average molecular weight is 389 g/mol. The monoisotopic (exact) mass is 389 g/mol. The number of rotatable bonds is 4. The van der Waals surface area contributed by atoms with E-state index in [1.807, 2.05) is 30.3 Å². The second-order valence-corrected chi connectivity index (χ2v) is 7.84. The van der Waals surface area contributed by atoms with Crippen molar-refractivity contribution in [2.24, 2.45) is 0 Å². The highest BCUT2D eigenvalue weighted by atomic mass is 16.6. The predicted octanol–water partition coefficient (Wildman–Crippen LogP) is 2.57. The largest absolute Gasteiger partial charge is 0.445 e. The molecule has 0 saturated carbocycles. The molecule has 152 valence electrons. The van der Waals surface area contributed by atoms with Crippen LogP contribution in [0.5, 0.6) is 0 Å². The number of benzene rings is 1. The molecule has 2 amide bonds. The molecule has 8 heteroatoms. The van der Waals surface area contributed by atoms with Crippen LogP contribution >= 0.6 is 0 Å². The van der Waals surface area contributed by atoms with Gasteiger partial charge in [-0.2, -0.15) is 5.26 Å². The Morgan fingerprint density at radius 2 is 1.89 bits per heavy atom. The van der Waals surface area contributed by atoms with Crippen molar-refractivity contribution in [3.8, 4) is 6.07 Å². The number of alkyl carbamates (subject to hydrolysis) is 1. The number of piperidine rings is 1. The normalized spacial score (nSPS) is 17.2. The minimum atomic E-state index is -1.41. The highest BCUT2D eigenvalue weighted by molar-refractivity contribution is 5.70. The van der Waals surface area contributed by atoms with E-state index in [2.05, 4.69) is 5.32 Å². The number of hydrogen-bond acceptors (Lipinski definition) is 6. The fourth-order valence-electron chi connectivity index (χ4n) is 3.00. The van der Waals surface area contributed by atoms with Gasteiger partial charge in [-0.3, -0.25) is 0 Å². The third kappa shape index (κ3) is 5.86. The summed E-state index contributed by atoms with van der Waals surface area (Å²) in [5.41, 5.74) is -0.994. The molecule has 1 saturated heterocycles. The first-order valence-corrected chi connectivity index (χ1v) is 9.20. The van der Waals surface area contributed by atoms with Gasteiger partial charge in [0.1, 0.15) is 12.2 Å². The third-order valence-corrected chi connectivity index (χ3v) is 4.51. The molecule has 1 atom stereocenters. The molecule has 0 aromatic heterocycles. The van der Waals surface area contributed by atoms with Crippen molar-refractivity contribution in [1.29, 1.82) is 5.26 Å². The average Bonchev–Trinajstić information content (AvgIpc) is 2.65. The first-order chi connectivity index (χ1) is 13.1. The minimum absolute atomic E-state index is 0.165. The van der Waals surface area contributed by atoms with Crippen molar-refractivity contribution in [3.63, 3.8) is 0 Å². The zero-order chi connectivity index (χ0) is 20.8. The Bertz CT molecular complexity index is 716. The summed E-state index contributed by atoms with van der Waals surface area (Å²) in [6.07, 6.45) is -2.17. The number of nitrogens with zero attached hydrogens (tertiary/aromatic N) is 2. The Balaban J connectivity index is 1.95. The molecule has 8 nitrogen and oxygen atoms in total. The number of aliphatic hydroxyl groups excluding tert-OH is 1. The standard InChI is InChI=1S/C20H27N3O5/c1-19(2,3)28-17(25)22-20(16(24)13-21)9-11-23(12-10-20)18(26)27-14-15-7-5-4-6-8-15/h4-8,16,24H,9-12,14H2,1-3H3,(H,22,25). The van der Waals surface area contributed by atoms with Crippen molar-refractivity contribution in [2.45, 2.75) is 57.5 Å². The fourth-order valence-corrected chi connectivity index (χ4v) is 3.00. The van der Waals surface area contributed by atoms with Gasteiger partial charge >= 0.3 is 12.2 Å². The maximum Gasteiger partial charge on any atom is 0.410 e. The van der Waals surface area contributed by atoms with Crippen LogP contribution in [0, 0.1) is 11.3 Å². The molecule has 1 aliphatic heterocycles. The van der Waals surface area contributed by atoms with Crippen LogP contribution < -0.4 is 5.32 Å². The second-order valence-electron chi connectivity index (χ2n) is 7.84. The molecule has 1 aromatic carbocycles. The molecule has 28 heavy (non-hydrogen) atoms. The van der Waals surface area contributed by atoms with Gasteiger partial charge in [-0.1, -0.05) is 30.3 Å². The van der Waals surface area contributed by atoms with Crippen molar-refractivity contribution in [1.82, 2.24) is 10.2 Å². The van der Waals surface area contributed by atoms with Crippen LogP contribution in [0.3, 0.4) is 0 Å². The Hall–Kier alpha value is -2.79. The number of nitrogens with one attached hydrogen (secondary N) is 1. The minimum Gasteiger partial charge on any atom is -0.445 e. The van der Waals surface area contributed by atoms with E-state index < -0.39 is 29.4 Å². The summed E-state index contributed by atoms with van der Waals surface area (Å²) < 4.78 is 10.6. The van der Waals surface area contributed by atoms with Crippen LogP contribution in [-0.4, -0.2) is 52.5 Å². The molecule has 0 spiro atoms. The van der Waals surface area contributed by atoms with Gasteiger partial charge in [0.15, 0.2) is 6.10 Å². The van der Waals surface area contributed by atoms with Gasteiger partial charge < -0.3 is 24.8 Å². The zero-order valence-electron chi connectivity index (χ0n) is 16.5. The van der Waals surface area contributed by atoms with Crippen LogP contribution in [0.2, 0.25) is 0 Å². The first-order valence-electron chi connectivity index (χ1n) is 9.20. The summed E-state index contributed by atoms with van der Waals surface area (Å²) >= 11 is 0.